The summed E-state index contributed by atoms with van der Waals surface area (Å²) in [5.74, 6) is 0.0121. The molecule has 1 aromatic rings. The Balaban J connectivity index is 2.13. The fraction of sp³-hybridized carbons (Fsp3) is 0.364. The predicted molar refractivity (Wildman–Crippen MR) is 54.8 cm³/mol. The summed E-state index contributed by atoms with van der Waals surface area (Å²) in [6.07, 6.45) is 0.420. The minimum atomic E-state index is 0.0121. The highest BCUT2D eigenvalue weighted by Gasteiger charge is 1.97. The van der Waals surface area contributed by atoms with Gasteiger partial charge in [0, 0.05) is 13.5 Å². The third-order valence-corrected chi connectivity index (χ3v) is 1.86. The number of amides is 1. The van der Waals surface area contributed by atoms with Gasteiger partial charge < -0.3 is 10.1 Å². The minimum absolute atomic E-state index is 0.0121. The largest absolute Gasteiger partial charge is 0.376 e. The summed E-state index contributed by atoms with van der Waals surface area (Å²) in [4.78, 5) is 10.8. The first-order valence-corrected chi connectivity index (χ1v) is 4.65. The minimum Gasteiger partial charge on any atom is -0.376 e. The van der Waals surface area contributed by atoms with Crippen LogP contribution in [0.1, 0.15) is 12.0 Å². The molecule has 0 aliphatic rings. The van der Waals surface area contributed by atoms with Gasteiger partial charge in [0.2, 0.25) is 5.91 Å². The summed E-state index contributed by atoms with van der Waals surface area (Å²) in [6.45, 7) is 1.03. The number of hydrogen-bond acceptors (Lipinski definition) is 2. The van der Waals surface area contributed by atoms with E-state index in [0.717, 1.165) is 5.56 Å². The van der Waals surface area contributed by atoms with Gasteiger partial charge in [-0.2, -0.15) is 0 Å². The molecule has 0 unspecified atom stereocenters. The topological polar surface area (TPSA) is 38.3 Å². The zero-order chi connectivity index (χ0) is 10.2. The molecule has 0 aliphatic carbocycles. The van der Waals surface area contributed by atoms with Crippen LogP contribution in [0, 0.1) is 0 Å². The molecule has 1 amide bonds. The maximum absolute atomic E-state index is 10.8. The third kappa shape index (κ3) is 4.05. The van der Waals surface area contributed by atoms with Gasteiger partial charge in [-0.25, -0.2) is 0 Å². The second-order valence-electron chi connectivity index (χ2n) is 2.96. The molecule has 0 aliphatic heterocycles. The van der Waals surface area contributed by atoms with Gasteiger partial charge in [0.05, 0.1) is 13.2 Å². The summed E-state index contributed by atoms with van der Waals surface area (Å²) < 4.78 is 5.33. The SMILES string of the molecule is CNC(=O)CCOCc1ccccc1. The van der Waals surface area contributed by atoms with E-state index in [1.165, 1.54) is 0 Å². The number of carbonyl (C=O) groups is 1. The quantitative estimate of drug-likeness (QED) is 0.717. The van der Waals surface area contributed by atoms with E-state index in [0.29, 0.717) is 19.6 Å². The number of nitrogens with one attached hydrogen (secondary N) is 1. The fourth-order valence-corrected chi connectivity index (χ4v) is 1.05. The molecule has 1 aromatic carbocycles. The molecule has 0 atom stereocenters. The molecule has 14 heavy (non-hydrogen) atoms. The molecule has 0 radical (unpaired) electrons. The van der Waals surface area contributed by atoms with Crippen molar-refractivity contribution in [1.29, 1.82) is 0 Å². The second kappa shape index (κ2) is 6.16. The van der Waals surface area contributed by atoms with Crippen LogP contribution in [0.2, 0.25) is 0 Å². The zero-order valence-corrected chi connectivity index (χ0v) is 8.32. The van der Waals surface area contributed by atoms with Crippen LogP contribution < -0.4 is 5.32 Å². The van der Waals surface area contributed by atoms with Crippen molar-refractivity contribution in [2.24, 2.45) is 0 Å². The van der Waals surface area contributed by atoms with Crippen LogP contribution in [0.3, 0.4) is 0 Å². The molecule has 0 fully saturated rings. The number of hydrogen-bond donors (Lipinski definition) is 1. The van der Waals surface area contributed by atoms with E-state index in [9.17, 15) is 4.79 Å². The summed E-state index contributed by atoms with van der Waals surface area (Å²) in [6, 6.07) is 9.91. The molecule has 0 aromatic heterocycles. The maximum Gasteiger partial charge on any atom is 0.222 e. The summed E-state index contributed by atoms with van der Waals surface area (Å²) in [5, 5.41) is 2.54. The van der Waals surface area contributed by atoms with Crippen LogP contribution in [0.25, 0.3) is 0 Å². The van der Waals surface area contributed by atoms with Crippen molar-refractivity contribution in [3.8, 4) is 0 Å². The first-order valence-electron chi connectivity index (χ1n) is 4.65. The molecular formula is C11H15NO2. The van der Waals surface area contributed by atoms with E-state index >= 15 is 0 Å². The highest BCUT2D eigenvalue weighted by molar-refractivity contribution is 5.75. The van der Waals surface area contributed by atoms with Gasteiger partial charge >= 0.3 is 0 Å². The average molecular weight is 193 g/mol. The van der Waals surface area contributed by atoms with Crippen LogP contribution in [0.5, 0.6) is 0 Å². The summed E-state index contributed by atoms with van der Waals surface area (Å²) >= 11 is 0. The number of ether oxygens (including phenoxy) is 1. The standard InChI is InChI=1S/C11H15NO2/c1-12-11(13)7-8-14-9-10-5-3-2-4-6-10/h2-6H,7-9H2,1H3,(H,12,13). The van der Waals surface area contributed by atoms with Crippen molar-refractivity contribution in [3.05, 3.63) is 35.9 Å². The Morgan fingerprint density at radius 2 is 2.07 bits per heavy atom. The van der Waals surface area contributed by atoms with Crippen LogP contribution in [0.15, 0.2) is 30.3 Å². The first-order chi connectivity index (χ1) is 6.83. The van der Waals surface area contributed by atoms with E-state index in [-0.39, 0.29) is 5.91 Å². The van der Waals surface area contributed by atoms with Crippen molar-refractivity contribution in [2.75, 3.05) is 13.7 Å². The Labute approximate surface area is 84.1 Å². The molecule has 76 valence electrons. The molecule has 0 saturated carbocycles. The molecule has 1 N–H and O–H groups in total. The maximum atomic E-state index is 10.8. The summed E-state index contributed by atoms with van der Waals surface area (Å²) in [7, 11) is 1.62. The van der Waals surface area contributed by atoms with Gasteiger partial charge in [-0.3, -0.25) is 4.79 Å². The van der Waals surface area contributed by atoms with Crippen molar-refractivity contribution >= 4 is 5.91 Å². The van der Waals surface area contributed by atoms with Crippen LogP contribution in [-0.4, -0.2) is 19.6 Å². The Morgan fingerprint density at radius 1 is 1.36 bits per heavy atom. The fourth-order valence-electron chi connectivity index (χ4n) is 1.05. The van der Waals surface area contributed by atoms with E-state index in [4.69, 9.17) is 4.74 Å². The van der Waals surface area contributed by atoms with Crippen LogP contribution in [0.4, 0.5) is 0 Å². The lowest BCUT2D eigenvalue weighted by molar-refractivity contribution is -0.121. The van der Waals surface area contributed by atoms with E-state index in [2.05, 4.69) is 5.32 Å². The lowest BCUT2D eigenvalue weighted by Gasteiger charge is -2.03. The zero-order valence-electron chi connectivity index (χ0n) is 8.32. The van der Waals surface area contributed by atoms with Gasteiger partial charge in [0.25, 0.3) is 0 Å². The van der Waals surface area contributed by atoms with Crippen molar-refractivity contribution < 1.29 is 9.53 Å². The van der Waals surface area contributed by atoms with Gasteiger partial charge in [0.15, 0.2) is 0 Å². The van der Waals surface area contributed by atoms with Crippen molar-refractivity contribution in [3.63, 3.8) is 0 Å². The predicted octanol–water partition coefficient (Wildman–Crippen LogP) is 1.34. The lowest BCUT2D eigenvalue weighted by Crippen LogP contribution is -2.19. The number of carbonyl (C=O) groups excluding carboxylic acids is 1. The second-order valence-corrected chi connectivity index (χ2v) is 2.96. The molecule has 3 heteroatoms. The van der Waals surface area contributed by atoms with Gasteiger partial charge in [-0.15, -0.1) is 0 Å². The van der Waals surface area contributed by atoms with Gasteiger partial charge in [0.1, 0.15) is 0 Å². The normalized spacial score (nSPS) is 9.79. The van der Waals surface area contributed by atoms with Crippen molar-refractivity contribution in [1.82, 2.24) is 5.32 Å². The van der Waals surface area contributed by atoms with Gasteiger partial charge in [-0.1, -0.05) is 30.3 Å². The molecule has 0 heterocycles. The highest BCUT2D eigenvalue weighted by Crippen LogP contribution is 2.00. The molecule has 0 bridgehead atoms. The van der Waals surface area contributed by atoms with E-state index in [1.54, 1.807) is 7.05 Å². The van der Waals surface area contributed by atoms with Crippen LogP contribution in [-0.2, 0) is 16.1 Å². The van der Waals surface area contributed by atoms with Gasteiger partial charge in [-0.05, 0) is 5.56 Å². The molecule has 0 saturated heterocycles. The Kier molecular flexibility index (Phi) is 4.72. The molecule has 1 rings (SSSR count). The molecule has 3 nitrogen and oxygen atoms in total. The van der Waals surface area contributed by atoms with E-state index < -0.39 is 0 Å². The van der Waals surface area contributed by atoms with E-state index in [1.807, 2.05) is 30.3 Å². The Morgan fingerprint density at radius 3 is 2.71 bits per heavy atom. The van der Waals surface area contributed by atoms with Crippen LogP contribution >= 0.6 is 0 Å². The molecule has 0 spiro atoms. The third-order valence-electron chi connectivity index (χ3n) is 1.86. The monoisotopic (exact) mass is 193 g/mol. The molecular weight excluding hydrogens is 178 g/mol. The average Bonchev–Trinajstić information content (AvgIpc) is 2.25. The highest BCUT2D eigenvalue weighted by atomic mass is 16.5. The summed E-state index contributed by atoms with van der Waals surface area (Å²) in [5.41, 5.74) is 1.13. The Hall–Kier alpha value is -1.35. The lowest BCUT2D eigenvalue weighted by atomic mass is 10.2. The number of rotatable bonds is 5. The number of benzene rings is 1. The van der Waals surface area contributed by atoms with Crippen molar-refractivity contribution in [2.45, 2.75) is 13.0 Å². The smallest absolute Gasteiger partial charge is 0.222 e. The first kappa shape index (κ1) is 10.7. The Bertz CT molecular complexity index is 272.